The molecule has 0 heterocycles. The molecule has 0 amide bonds. The van der Waals surface area contributed by atoms with Crippen molar-refractivity contribution in [2.24, 2.45) is 5.92 Å². The molecule has 2 rings (SSSR count). The molecule has 1 fully saturated rings. The Morgan fingerprint density at radius 1 is 1.35 bits per heavy atom. The number of hydrogen-bond donors (Lipinski definition) is 1. The molecule has 1 aromatic carbocycles. The van der Waals surface area contributed by atoms with Crippen LogP contribution in [0.2, 0.25) is 10.0 Å². The number of carbonyl (C=O) groups excluding carboxylic acids is 1. The first-order chi connectivity index (χ1) is 9.27. The predicted molar refractivity (Wildman–Crippen MR) is 79.2 cm³/mol. The average molecular weight is 317 g/mol. The Morgan fingerprint density at radius 2 is 1.95 bits per heavy atom. The third-order valence-electron chi connectivity index (χ3n) is 4.33. The van der Waals surface area contributed by atoms with Crippen molar-refractivity contribution in [3.63, 3.8) is 0 Å². The maximum Gasteiger partial charge on any atom is 0.316 e. The van der Waals surface area contributed by atoms with Gasteiger partial charge in [0.05, 0.1) is 28.2 Å². The molecule has 1 aromatic rings. The standard InChI is InChI=1S/C15H18Cl2O3/c1-9(2)15(19)7-14(8-15,13(18)20-3)10-5-4-6-11(16)12(10)17/h4-6,9,19H,7-8H2,1-3H3. The van der Waals surface area contributed by atoms with E-state index in [4.69, 9.17) is 27.9 Å². The third kappa shape index (κ3) is 2.22. The van der Waals surface area contributed by atoms with Crippen molar-refractivity contribution >= 4 is 29.2 Å². The monoisotopic (exact) mass is 316 g/mol. The van der Waals surface area contributed by atoms with E-state index in [2.05, 4.69) is 0 Å². The Kier molecular flexibility index (Phi) is 4.07. The van der Waals surface area contributed by atoms with Crippen LogP contribution in [-0.2, 0) is 14.9 Å². The van der Waals surface area contributed by atoms with Crippen molar-refractivity contribution in [3.05, 3.63) is 33.8 Å². The van der Waals surface area contributed by atoms with E-state index in [1.54, 1.807) is 18.2 Å². The van der Waals surface area contributed by atoms with E-state index >= 15 is 0 Å². The number of methoxy groups -OCH3 is 1. The van der Waals surface area contributed by atoms with Gasteiger partial charge < -0.3 is 9.84 Å². The Hall–Kier alpha value is -0.770. The van der Waals surface area contributed by atoms with Crippen LogP contribution in [0.1, 0.15) is 32.3 Å². The minimum atomic E-state index is -0.907. The first-order valence-corrected chi connectivity index (χ1v) is 7.28. The lowest BCUT2D eigenvalue weighted by Gasteiger charge is -2.53. The molecule has 110 valence electrons. The second-order valence-electron chi connectivity index (χ2n) is 5.79. The van der Waals surface area contributed by atoms with Gasteiger partial charge in [-0.1, -0.05) is 49.2 Å². The van der Waals surface area contributed by atoms with Gasteiger partial charge in [-0.15, -0.1) is 0 Å². The number of hydrogen-bond acceptors (Lipinski definition) is 3. The molecule has 5 heteroatoms. The SMILES string of the molecule is COC(=O)C1(c2cccc(Cl)c2Cl)CC(O)(C(C)C)C1. The van der Waals surface area contributed by atoms with Crippen molar-refractivity contribution in [2.45, 2.75) is 37.7 Å². The van der Waals surface area contributed by atoms with E-state index in [0.717, 1.165) is 0 Å². The molecule has 1 N–H and O–H groups in total. The van der Waals surface area contributed by atoms with Gasteiger partial charge in [0.25, 0.3) is 0 Å². The first-order valence-electron chi connectivity index (χ1n) is 6.52. The second-order valence-corrected chi connectivity index (χ2v) is 6.57. The van der Waals surface area contributed by atoms with Gasteiger partial charge in [0.15, 0.2) is 0 Å². The number of benzene rings is 1. The van der Waals surface area contributed by atoms with Crippen LogP contribution in [0.5, 0.6) is 0 Å². The summed E-state index contributed by atoms with van der Waals surface area (Å²) in [6, 6.07) is 5.19. The fourth-order valence-corrected chi connectivity index (χ4v) is 3.40. The number of rotatable bonds is 3. The maximum atomic E-state index is 12.3. The molecule has 1 aliphatic carbocycles. The van der Waals surface area contributed by atoms with E-state index < -0.39 is 11.0 Å². The number of carbonyl (C=O) groups is 1. The highest BCUT2D eigenvalue weighted by Crippen LogP contribution is 2.56. The summed E-state index contributed by atoms with van der Waals surface area (Å²) in [6.07, 6.45) is 0.592. The van der Waals surface area contributed by atoms with Crippen LogP contribution in [0.15, 0.2) is 18.2 Å². The molecule has 20 heavy (non-hydrogen) atoms. The summed E-state index contributed by atoms with van der Waals surface area (Å²) >= 11 is 12.3. The molecule has 1 aliphatic rings. The van der Waals surface area contributed by atoms with Crippen molar-refractivity contribution < 1.29 is 14.6 Å². The van der Waals surface area contributed by atoms with Crippen LogP contribution in [0.3, 0.4) is 0 Å². The summed E-state index contributed by atoms with van der Waals surface area (Å²) < 4.78 is 4.93. The fourth-order valence-electron chi connectivity index (χ4n) is 2.92. The summed E-state index contributed by atoms with van der Waals surface area (Å²) in [7, 11) is 1.34. The summed E-state index contributed by atoms with van der Waals surface area (Å²) in [5, 5.41) is 11.3. The highest BCUT2D eigenvalue weighted by atomic mass is 35.5. The fraction of sp³-hybridized carbons (Fsp3) is 0.533. The maximum absolute atomic E-state index is 12.3. The van der Waals surface area contributed by atoms with Crippen LogP contribution in [-0.4, -0.2) is 23.8 Å². The highest BCUT2D eigenvalue weighted by molar-refractivity contribution is 6.42. The normalized spacial score (nSPS) is 29.1. The summed E-state index contributed by atoms with van der Waals surface area (Å²) in [5.41, 5.74) is -1.15. The van der Waals surface area contributed by atoms with Crippen LogP contribution < -0.4 is 0 Å². The van der Waals surface area contributed by atoms with Crippen LogP contribution >= 0.6 is 23.2 Å². The molecule has 0 spiro atoms. The van der Waals surface area contributed by atoms with E-state index in [-0.39, 0.29) is 11.9 Å². The molecule has 0 atom stereocenters. The smallest absolute Gasteiger partial charge is 0.316 e. The molecule has 3 nitrogen and oxygen atoms in total. The van der Waals surface area contributed by atoms with E-state index in [0.29, 0.717) is 28.5 Å². The number of ether oxygens (including phenoxy) is 1. The number of aliphatic hydroxyl groups is 1. The van der Waals surface area contributed by atoms with Gasteiger partial charge in [-0.05, 0) is 30.4 Å². The molecular weight excluding hydrogens is 299 g/mol. The van der Waals surface area contributed by atoms with E-state index in [1.807, 2.05) is 13.8 Å². The highest BCUT2D eigenvalue weighted by Gasteiger charge is 2.61. The summed E-state index contributed by atoms with van der Waals surface area (Å²) in [4.78, 5) is 12.3. The number of halogens is 2. The Labute approximate surface area is 128 Å². The molecule has 0 radical (unpaired) electrons. The average Bonchev–Trinajstić information content (AvgIpc) is 2.37. The quantitative estimate of drug-likeness (QED) is 0.867. The zero-order valence-electron chi connectivity index (χ0n) is 11.7. The second kappa shape index (κ2) is 5.21. The van der Waals surface area contributed by atoms with Gasteiger partial charge in [0.1, 0.15) is 0 Å². The van der Waals surface area contributed by atoms with Crippen molar-refractivity contribution in [2.75, 3.05) is 7.11 Å². The zero-order valence-corrected chi connectivity index (χ0v) is 13.3. The Bertz CT molecular complexity index is 534. The molecule has 0 saturated heterocycles. The van der Waals surface area contributed by atoms with Crippen LogP contribution in [0, 0.1) is 5.92 Å². The lowest BCUT2D eigenvalue weighted by atomic mass is 9.53. The molecule has 0 bridgehead atoms. The molecule has 1 saturated carbocycles. The van der Waals surface area contributed by atoms with Crippen molar-refractivity contribution in [1.82, 2.24) is 0 Å². The molecule has 0 aromatic heterocycles. The van der Waals surface area contributed by atoms with E-state index in [1.165, 1.54) is 7.11 Å². The van der Waals surface area contributed by atoms with Crippen molar-refractivity contribution in [1.29, 1.82) is 0 Å². The summed E-state index contributed by atoms with van der Waals surface area (Å²) in [6.45, 7) is 3.86. The molecular formula is C15H18Cl2O3. The Balaban J connectivity index is 2.47. The largest absolute Gasteiger partial charge is 0.468 e. The first kappa shape index (κ1) is 15.6. The zero-order chi connectivity index (χ0) is 15.1. The predicted octanol–water partition coefficient (Wildman–Crippen LogP) is 3.59. The van der Waals surface area contributed by atoms with Gasteiger partial charge in [-0.2, -0.15) is 0 Å². The molecule has 0 unspecified atom stereocenters. The number of esters is 1. The van der Waals surface area contributed by atoms with Crippen molar-refractivity contribution in [3.8, 4) is 0 Å². The Morgan fingerprint density at radius 3 is 2.45 bits per heavy atom. The minimum absolute atomic E-state index is 0.0539. The topological polar surface area (TPSA) is 46.5 Å². The van der Waals surface area contributed by atoms with E-state index in [9.17, 15) is 9.90 Å². The third-order valence-corrected chi connectivity index (χ3v) is 5.15. The van der Waals surface area contributed by atoms with Gasteiger partial charge in [0.2, 0.25) is 0 Å². The van der Waals surface area contributed by atoms with Crippen LogP contribution in [0.25, 0.3) is 0 Å². The van der Waals surface area contributed by atoms with Gasteiger partial charge in [-0.3, -0.25) is 4.79 Å². The van der Waals surface area contributed by atoms with Gasteiger partial charge in [-0.25, -0.2) is 0 Å². The molecule has 0 aliphatic heterocycles. The van der Waals surface area contributed by atoms with Gasteiger partial charge >= 0.3 is 5.97 Å². The lowest BCUT2D eigenvalue weighted by molar-refractivity contribution is -0.175. The minimum Gasteiger partial charge on any atom is -0.468 e. The van der Waals surface area contributed by atoms with Crippen LogP contribution in [0.4, 0.5) is 0 Å². The summed E-state index contributed by atoms with van der Waals surface area (Å²) in [5.74, 6) is -0.328. The lowest BCUT2D eigenvalue weighted by Crippen LogP contribution is -2.61. The van der Waals surface area contributed by atoms with Gasteiger partial charge in [0, 0.05) is 0 Å².